The van der Waals surface area contributed by atoms with Crippen molar-refractivity contribution in [3.63, 3.8) is 0 Å². The number of nitrogens with zero attached hydrogens (tertiary/aromatic N) is 2. The maximum Gasteiger partial charge on any atom is 0.267 e. The third-order valence-electron chi connectivity index (χ3n) is 5.41. The number of hydrogen-bond acceptors (Lipinski definition) is 9. The second-order valence-corrected chi connectivity index (χ2v) is 9.61. The van der Waals surface area contributed by atoms with E-state index in [2.05, 4.69) is 4.98 Å². The van der Waals surface area contributed by atoms with Gasteiger partial charge in [0.1, 0.15) is 6.04 Å². The van der Waals surface area contributed by atoms with Crippen LogP contribution < -0.4 is 15.2 Å². The van der Waals surface area contributed by atoms with Crippen LogP contribution in [-0.2, 0) is 27.1 Å². The fourth-order valence-electron chi connectivity index (χ4n) is 3.78. The van der Waals surface area contributed by atoms with Crippen molar-refractivity contribution in [2.24, 2.45) is 5.73 Å². The summed E-state index contributed by atoms with van der Waals surface area (Å²) >= 11 is 0. The predicted molar refractivity (Wildman–Crippen MR) is 123 cm³/mol. The first-order chi connectivity index (χ1) is 16.3. The average molecular weight is 490 g/mol. The third-order valence-corrected chi connectivity index (χ3v) is 6.71. The number of aryl methyl sites for hydroxylation is 1. The highest BCUT2D eigenvalue weighted by atomic mass is 32.2. The molecule has 10 nitrogen and oxygen atoms in total. The highest BCUT2D eigenvalue weighted by Crippen LogP contribution is 2.41. The molecule has 0 spiro atoms. The fraction of sp³-hybridized carbons (Fsp3) is 0.348. The van der Waals surface area contributed by atoms with Crippen molar-refractivity contribution in [1.29, 1.82) is 0 Å². The molecule has 1 aliphatic heterocycles. The molecular weight excluding hydrogens is 462 g/mol. The first kappa shape index (κ1) is 23.9. The van der Waals surface area contributed by atoms with E-state index in [1.54, 1.807) is 37.5 Å². The zero-order valence-electron chi connectivity index (χ0n) is 18.6. The molecule has 2 aromatic carbocycles. The van der Waals surface area contributed by atoms with Crippen molar-refractivity contribution < 1.29 is 32.3 Å². The SMILES string of the molecule is CCOS(=O)(=O)CCc1ccc2c(c1)OC(C(c1ccc(O)c(O)c1)n1cnc(CCN)c1)O2. The van der Waals surface area contributed by atoms with E-state index in [1.165, 1.54) is 12.1 Å². The number of ether oxygens (including phenoxy) is 2. The van der Waals surface area contributed by atoms with Crippen molar-refractivity contribution in [2.45, 2.75) is 32.1 Å². The van der Waals surface area contributed by atoms with Crippen molar-refractivity contribution in [2.75, 3.05) is 18.9 Å². The van der Waals surface area contributed by atoms with Crippen LogP contribution in [0.2, 0.25) is 0 Å². The summed E-state index contributed by atoms with van der Waals surface area (Å²) in [5.74, 6) is 0.347. The molecule has 1 aromatic heterocycles. The number of phenols is 2. The zero-order chi connectivity index (χ0) is 24.3. The van der Waals surface area contributed by atoms with Crippen molar-refractivity contribution in [3.8, 4) is 23.0 Å². The van der Waals surface area contributed by atoms with Crippen LogP contribution in [0.25, 0.3) is 0 Å². The molecular formula is C23H27N3O7S. The summed E-state index contributed by atoms with van der Waals surface area (Å²) in [7, 11) is -3.59. The number of hydrogen-bond donors (Lipinski definition) is 3. The molecule has 182 valence electrons. The lowest BCUT2D eigenvalue weighted by atomic mass is 10.1. The number of benzene rings is 2. The monoisotopic (exact) mass is 489 g/mol. The van der Waals surface area contributed by atoms with Gasteiger partial charge >= 0.3 is 0 Å². The van der Waals surface area contributed by atoms with Crippen LogP contribution in [0.3, 0.4) is 0 Å². The largest absolute Gasteiger partial charge is 0.504 e. The first-order valence-electron chi connectivity index (χ1n) is 10.9. The van der Waals surface area contributed by atoms with E-state index in [1.807, 2.05) is 10.8 Å². The number of fused-ring (bicyclic) bond motifs is 1. The molecule has 3 aromatic rings. The van der Waals surface area contributed by atoms with Gasteiger partial charge in [-0.2, -0.15) is 8.42 Å². The lowest BCUT2D eigenvalue weighted by Crippen LogP contribution is -2.31. The van der Waals surface area contributed by atoms with Gasteiger partial charge in [-0.25, -0.2) is 4.98 Å². The minimum absolute atomic E-state index is 0.0978. The van der Waals surface area contributed by atoms with Gasteiger partial charge in [-0.15, -0.1) is 0 Å². The van der Waals surface area contributed by atoms with Crippen molar-refractivity contribution in [1.82, 2.24) is 9.55 Å². The lowest BCUT2D eigenvalue weighted by Gasteiger charge is -2.24. The smallest absolute Gasteiger partial charge is 0.267 e. The second kappa shape index (κ2) is 9.92. The molecule has 2 unspecified atom stereocenters. The van der Waals surface area contributed by atoms with E-state index < -0.39 is 22.4 Å². The lowest BCUT2D eigenvalue weighted by molar-refractivity contribution is 0.0148. The third kappa shape index (κ3) is 5.27. The molecule has 0 saturated carbocycles. The number of imidazole rings is 1. The quantitative estimate of drug-likeness (QED) is 0.288. The topological polar surface area (TPSA) is 146 Å². The van der Waals surface area contributed by atoms with E-state index in [0.717, 1.165) is 11.3 Å². The molecule has 4 N–H and O–H groups in total. The first-order valence-corrected chi connectivity index (χ1v) is 12.4. The summed E-state index contributed by atoms with van der Waals surface area (Å²) in [6.45, 7) is 2.17. The summed E-state index contributed by atoms with van der Waals surface area (Å²) in [4.78, 5) is 4.38. The standard InChI is InChI=1S/C23H27N3O7S/c1-2-31-34(29,30)10-8-15-3-6-20-21(11-15)33-23(32-20)22(16-4-5-18(27)19(28)12-16)26-13-17(7-9-24)25-14-26/h3-6,11-14,22-23,27-28H,2,7-10,24H2,1H3. The van der Waals surface area contributed by atoms with Gasteiger partial charge in [0.05, 0.1) is 24.4 Å². The van der Waals surface area contributed by atoms with E-state index in [0.29, 0.717) is 30.0 Å². The molecule has 11 heteroatoms. The Labute approximate surface area is 197 Å². The highest BCUT2D eigenvalue weighted by Gasteiger charge is 2.35. The summed E-state index contributed by atoms with van der Waals surface area (Å²) < 4.78 is 42.5. The molecule has 0 saturated heterocycles. The van der Waals surface area contributed by atoms with E-state index in [4.69, 9.17) is 19.4 Å². The van der Waals surface area contributed by atoms with Gasteiger partial charge in [0.15, 0.2) is 23.0 Å². The Kier molecular flexibility index (Phi) is 6.96. The predicted octanol–water partition coefficient (Wildman–Crippen LogP) is 2.09. The minimum Gasteiger partial charge on any atom is -0.504 e. The van der Waals surface area contributed by atoms with Crippen LogP contribution in [-0.4, -0.2) is 53.4 Å². The van der Waals surface area contributed by atoms with Gasteiger partial charge in [-0.3, -0.25) is 4.18 Å². The fourth-order valence-corrected chi connectivity index (χ4v) is 4.75. The number of phenolic OH excluding ortho intramolecular Hbond substituents is 2. The second-order valence-electron chi connectivity index (χ2n) is 7.85. The molecule has 0 bridgehead atoms. The Morgan fingerprint density at radius 3 is 2.65 bits per heavy atom. The van der Waals surface area contributed by atoms with E-state index >= 15 is 0 Å². The van der Waals surface area contributed by atoms with Gasteiger partial charge in [0, 0.05) is 12.6 Å². The molecule has 0 radical (unpaired) electrons. The van der Waals surface area contributed by atoms with Gasteiger partial charge in [-0.1, -0.05) is 12.1 Å². The molecule has 1 aliphatic rings. The van der Waals surface area contributed by atoms with Gasteiger partial charge in [-0.05, 0) is 55.3 Å². The van der Waals surface area contributed by atoms with E-state index in [9.17, 15) is 18.6 Å². The van der Waals surface area contributed by atoms with Crippen LogP contribution in [0.15, 0.2) is 48.9 Å². The maximum atomic E-state index is 11.9. The van der Waals surface area contributed by atoms with Crippen LogP contribution in [0.4, 0.5) is 0 Å². The van der Waals surface area contributed by atoms with Crippen molar-refractivity contribution >= 4 is 10.1 Å². The number of nitrogens with two attached hydrogens (primary N) is 1. The molecule has 4 rings (SSSR count). The Bertz CT molecular complexity index is 1260. The van der Waals surface area contributed by atoms with Crippen molar-refractivity contribution in [3.05, 3.63) is 65.7 Å². The molecule has 2 heterocycles. The normalized spacial score (nSPS) is 16.0. The van der Waals surface area contributed by atoms with Gasteiger partial charge in [0.2, 0.25) is 0 Å². The molecule has 0 fully saturated rings. The number of aromatic nitrogens is 2. The van der Waals surface area contributed by atoms with Crippen LogP contribution >= 0.6 is 0 Å². The Balaban J connectivity index is 1.59. The molecule has 0 amide bonds. The van der Waals surface area contributed by atoms with Crippen LogP contribution in [0.1, 0.15) is 29.8 Å². The zero-order valence-corrected chi connectivity index (χ0v) is 19.4. The van der Waals surface area contributed by atoms with Crippen LogP contribution in [0.5, 0.6) is 23.0 Å². The van der Waals surface area contributed by atoms with Crippen LogP contribution in [0, 0.1) is 0 Å². The van der Waals surface area contributed by atoms with Gasteiger partial charge < -0.3 is 30.0 Å². The Hall–Kier alpha value is -3.28. The Morgan fingerprint density at radius 1 is 1.12 bits per heavy atom. The number of rotatable bonds is 10. The minimum atomic E-state index is -3.59. The van der Waals surface area contributed by atoms with E-state index in [-0.39, 0.29) is 30.3 Å². The Morgan fingerprint density at radius 2 is 1.91 bits per heavy atom. The summed E-state index contributed by atoms with van der Waals surface area (Å²) in [5, 5.41) is 19.8. The number of aromatic hydroxyl groups is 2. The molecule has 0 aliphatic carbocycles. The van der Waals surface area contributed by atoms with Gasteiger partial charge in [0.25, 0.3) is 16.4 Å². The average Bonchev–Trinajstić information content (AvgIpc) is 3.42. The summed E-state index contributed by atoms with van der Waals surface area (Å²) in [5.41, 5.74) is 7.84. The summed E-state index contributed by atoms with van der Waals surface area (Å²) in [6.07, 6.45) is 3.53. The highest BCUT2D eigenvalue weighted by molar-refractivity contribution is 7.86. The maximum absolute atomic E-state index is 11.9. The molecule has 34 heavy (non-hydrogen) atoms. The molecule has 2 atom stereocenters. The summed E-state index contributed by atoms with van der Waals surface area (Å²) in [6, 6.07) is 9.23.